The Labute approximate surface area is 214 Å². The molecule has 0 bridgehead atoms. The molecule has 0 radical (unpaired) electrons. The highest BCUT2D eigenvalue weighted by Gasteiger charge is 2.41. The molecule has 0 unspecified atom stereocenters. The van der Waals surface area contributed by atoms with Crippen LogP contribution in [0.15, 0.2) is 30.7 Å². The molecule has 9 nitrogen and oxygen atoms in total. The molecular formula is C27H40N6O3. The fourth-order valence-electron chi connectivity index (χ4n) is 5.19. The predicted octanol–water partition coefficient (Wildman–Crippen LogP) is 3.67. The second-order valence-corrected chi connectivity index (χ2v) is 11.7. The summed E-state index contributed by atoms with van der Waals surface area (Å²) >= 11 is 0. The minimum absolute atomic E-state index is 0.0392. The van der Waals surface area contributed by atoms with E-state index in [2.05, 4.69) is 35.8 Å². The van der Waals surface area contributed by atoms with Crippen molar-refractivity contribution in [2.75, 3.05) is 31.1 Å². The van der Waals surface area contributed by atoms with Gasteiger partial charge in [-0.15, -0.1) is 0 Å². The van der Waals surface area contributed by atoms with Crippen molar-refractivity contribution in [2.45, 2.75) is 84.5 Å². The van der Waals surface area contributed by atoms with Crippen molar-refractivity contribution in [3.8, 4) is 0 Å². The number of carbonyl (C=O) groups is 2. The maximum absolute atomic E-state index is 13.7. The van der Waals surface area contributed by atoms with Gasteiger partial charge in [0.1, 0.15) is 5.60 Å². The van der Waals surface area contributed by atoms with Gasteiger partial charge in [-0.1, -0.05) is 20.8 Å². The Morgan fingerprint density at radius 2 is 1.97 bits per heavy atom. The lowest BCUT2D eigenvalue weighted by Crippen LogP contribution is -2.61. The van der Waals surface area contributed by atoms with Crippen LogP contribution < -0.4 is 4.90 Å². The average molecular weight is 497 g/mol. The van der Waals surface area contributed by atoms with Crippen molar-refractivity contribution in [3.63, 3.8) is 0 Å². The van der Waals surface area contributed by atoms with Crippen LogP contribution in [0.1, 0.15) is 66.1 Å². The van der Waals surface area contributed by atoms with Crippen LogP contribution in [0.4, 0.5) is 10.5 Å². The van der Waals surface area contributed by atoms with Crippen LogP contribution in [-0.4, -0.2) is 80.4 Å². The third-order valence-corrected chi connectivity index (χ3v) is 7.09. The normalized spacial score (nSPS) is 22.0. The molecule has 2 aromatic heterocycles. The zero-order chi connectivity index (χ0) is 26.3. The van der Waals surface area contributed by atoms with Gasteiger partial charge in [0.2, 0.25) is 5.91 Å². The summed E-state index contributed by atoms with van der Waals surface area (Å²) in [5.41, 5.74) is 2.20. The van der Waals surface area contributed by atoms with Gasteiger partial charge >= 0.3 is 6.09 Å². The van der Waals surface area contributed by atoms with Gasteiger partial charge in [-0.25, -0.2) is 4.79 Å². The lowest BCUT2D eigenvalue weighted by atomic mass is 9.88. The molecule has 0 N–H and O–H groups in total. The number of carbonyl (C=O) groups excluding carboxylic acids is 2. The van der Waals surface area contributed by atoms with Crippen molar-refractivity contribution in [2.24, 2.45) is 0 Å². The Kier molecular flexibility index (Phi) is 7.14. The van der Waals surface area contributed by atoms with E-state index in [1.54, 1.807) is 6.20 Å². The number of hydrogen-bond donors (Lipinski definition) is 0. The standard InChI is InChI=1S/C27H40N6O3/c1-8-21-16-32(25(35)36-26(3,4)5)19(2)14-30(21)17-24(34)33-18-27(6,7)22-13-28-20(12-23(22)33)15-31-11-9-10-29-31/h9-13,19,21H,8,14-18H2,1-7H3/t19-,21+/m1/s1. The maximum Gasteiger partial charge on any atom is 0.410 e. The van der Waals surface area contributed by atoms with Crippen LogP contribution in [0.2, 0.25) is 0 Å². The first-order chi connectivity index (χ1) is 16.9. The van der Waals surface area contributed by atoms with E-state index in [1.807, 2.05) is 66.7 Å². The van der Waals surface area contributed by atoms with Crippen LogP contribution in [-0.2, 0) is 21.5 Å². The molecule has 1 fully saturated rings. The number of nitrogens with zero attached hydrogens (tertiary/aromatic N) is 6. The number of hydrogen-bond acceptors (Lipinski definition) is 6. The van der Waals surface area contributed by atoms with Gasteiger partial charge in [0, 0.05) is 61.3 Å². The SMILES string of the molecule is CC[C@H]1CN(C(=O)OC(C)(C)C)[C@H](C)CN1CC(=O)N1CC(C)(C)c2cnc(Cn3cccn3)cc21. The van der Waals surface area contributed by atoms with Crippen molar-refractivity contribution in [1.82, 2.24) is 24.6 Å². The molecule has 0 aliphatic carbocycles. The molecule has 196 valence electrons. The Balaban J connectivity index is 1.49. The number of anilines is 1. The number of fused-ring (bicyclic) bond motifs is 1. The zero-order valence-electron chi connectivity index (χ0n) is 22.7. The fourth-order valence-corrected chi connectivity index (χ4v) is 5.19. The molecular weight excluding hydrogens is 456 g/mol. The molecule has 2 aliphatic rings. The van der Waals surface area contributed by atoms with Crippen molar-refractivity contribution in [1.29, 1.82) is 0 Å². The van der Waals surface area contributed by atoms with Gasteiger partial charge in [-0.3, -0.25) is 19.4 Å². The molecule has 36 heavy (non-hydrogen) atoms. The summed E-state index contributed by atoms with van der Waals surface area (Å²) in [6.45, 7) is 16.8. The third-order valence-electron chi connectivity index (χ3n) is 7.09. The van der Waals surface area contributed by atoms with E-state index in [4.69, 9.17) is 4.74 Å². The number of piperazine rings is 1. The Morgan fingerprint density at radius 3 is 2.61 bits per heavy atom. The molecule has 2 aromatic rings. The van der Waals surface area contributed by atoms with E-state index in [0.29, 0.717) is 32.7 Å². The molecule has 4 heterocycles. The van der Waals surface area contributed by atoms with Gasteiger partial charge < -0.3 is 14.5 Å². The summed E-state index contributed by atoms with van der Waals surface area (Å²) in [6, 6.07) is 3.98. The quantitative estimate of drug-likeness (QED) is 0.628. The van der Waals surface area contributed by atoms with E-state index in [0.717, 1.165) is 23.4 Å². The minimum Gasteiger partial charge on any atom is -0.444 e. The second-order valence-electron chi connectivity index (χ2n) is 11.7. The van der Waals surface area contributed by atoms with Gasteiger partial charge in [0.05, 0.1) is 24.5 Å². The highest BCUT2D eigenvalue weighted by Crippen LogP contribution is 2.40. The summed E-state index contributed by atoms with van der Waals surface area (Å²) < 4.78 is 7.46. The van der Waals surface area contributed by atoms with E-state index in [1.165, 1.54) is 0 Å². The van der Waals surface area contributed by atoms with Gasteiger partial charge in [0.25, 0.3) is 0 Å². The van der Waals surface area contributed by atoms with Crippen molar-refractivity contribution >= 4 is 17.7 Å². The zero-order valence-corrected chi connectivity index (χ0v) is 22.7. The second kappa shape index (κ2) is 9.84. The molecule has 2 amide bonds. The largest absolute Gasteiger partial charge is 0.444 e. The molecule has 0 aromatic carbocycles. The summed E-state index contributed by atoms with van der Waals surface area (Å²) in [7, 11) is 0. The molecule has 0 spiro atoms. The van der Waals surface area contributed by atoms with Gasteiger partial charge in [-0.2, -0.15) is 5.10 Å². The topological polar surface area (TPSA) is 83.8 Å². The summed E-state index contributed by atoms with van der Waals surface area (Å²) in [5.74, 6) is 0.0782. The molecule has 2 atom stereocenters. The third kappa shape index (κ3) is 5.56. The summed E-state index contributed by atoms with van der Waals surface area (Å²) in [6.07, 6.45) is 6.13. The predicted molar refractivity (Wildman–Crippen MR) is 139 cm³/mol. The van der Waals surface area contributed by atoms with Crippen LogP contribution in [0, 0.1) is 0 Å². The smallest absolute Gasteiger partial charge is 0.410 e. The first-order valence-electron chi connectivity index (χ1n) is 12.9. The summed E-state index contributed by atoms with van der Waals surface area (Å²) in [4.78, 5) is 37.1. The maximum atomic E-state index is 13.7. The first kappa shape index (κ1) is 26.1. The molecule has 2 aliphatic heterocycles. The number of ether oxygens (including phenoxy) is 1. The lowest BCUT2D eigenvalue weighted by molar-refractivity contribution is -0.121. The lowest BCUT2D eigenvalue weighted by Gasteiger charge is -2.45. The van der Waals surface area contributed by atoms with Gasteiger partial charge in [0.15, 0.2) is 0 Å². The van der Waals surface area contributed by atoms with E-state index >= 15 is 0 Å². The van der Waals surface area contributed by atoms with Crippen LogP contribution >= 0.6 is 0 Å². The van der Waals surface area contributed by atoms with E-state index in [-0.39, 0.29) is 29.5 Å². The van der Waals surface area contributed by atoms with Crippen LogP contribution in [0.25, 0.3) is 0 Å². The average Bonchev–Trinajstić information content (AvgIpc) is 3.38. The molecule has 4 rings (SSSR count). The number of aromatic nitrogens is 3. The van der Waals surface area contributed by atoms with Crippen molar-refractivity contribution < 1.29 is 14.3 Å². The van der Waals surface area contributed by atoms with E-state index in [9.17, 15) is 9.59 Å². The first-order valence-corrected chi connectivity index (χ1v) is 12.9. The van der Waals surface area contributed by atoms with Crippen molar-refractivity contribution in [3.05, 3.63) is 42.0 Å². The number of rotatable bonds is 5. The molecule has 1 saturated heterocycles. The molecule has 0 saturated carbocycles. The molecule has 9 heteroatoms. The Bertz CT molecular complexity index is 1090. The fraction of sp³-hybridized carbons (Fsp3) is 0.630. The van der Waals surface area contributed by atoms with E-state index < -0.39 is 5.60 Å². The number of amides is 2. The Hall–Kier alpha value is -2.94. The minimum atomic E-state index is -0.535. The van der Waals surface area contributed by atoms with Crippen LogP contribution in [0.5, 0.6) is 0 Å². The summed E-state index contributed by atoms with van der Waals surface area (Å²) in [5, 5.41) is 4.28. The highest BCUT2D eigenvalue weighted by atomic mass is 16.6. The number of pyridine rings is 1. The van der Waals surface area contributed by atoms with Gasteiger partial charge in [-0.05, 0) is 46.2 Å². The highest BCUT2D eigenvalue weighted by molar-refractivity contribution is 5.97. The monoisotopic (exact) mass is 496 g/mol. The Morgan fingerprint density at radius 1 is 1.22 bits per heavy atom. The van der Waals surface area contributed by atoms with Crippen LogP contribution in [0.3, 0.4) is 0 Å².